The van der Waals surface area contributed by atoms with Crippen molar-refractivity contribution in [1.29, 1.82) is 0 Å². The minimum absolute atomic E-state index is 0.0451. The summed E-state index contributed by atoms with van der Waals surface area (Å²) in [7, 11) is 0. The Bertz CT molecular complexity index is 864. The van der Waals surface area contributed by atoms with Crippen LogP contribution in [-0.2, 0) is 0 Å². The van der Waals surface area contributed by atoms with E-state index >= 15 is 0 Å². The van der Waals surface area contributed by atoms with Gasteiger partial charge in [0.05, 0.1) is 25.3 Å². The molecule has 2 heterocycles. The van der Waals surface area contributed by atoms with Gasteiger partial charge in [0.15, 0.2) is 5.13 Å². The second-order valence-corrected chi connectivity index (χ2v) is 6.77. The predicted molar refractivity (Wildman–Crippen MR) is 96.2 cm³/mol. The summed E-state index contributed by atoms with van der Waals surface area (Å²) in [5.74, 6) is -0.366. The minimum Gasteiger partial charge on any atom is -0.283 e. The van der Waals surface area contributed by atoms with Gasteiger partial charge in [-0.25, -0.2) is 9.97 Å². The molecule has 1 aromatic carbocycles. The number of para-hydroxylation sites is 1. The third kappa shape index (κ3) is 3.02. The second kappa shape index (κ2) is 6.61. The number of halogens is 3. The maximum absolute atomic E-state index is 12.8. The molecule has 1 amide bonds. The van der Waals surface area contributed by atoms with Gasteiger partial charge >= 0.3 is 0 Å². The highest BCUT2D eigenvalue weighted by Crippen LogP contribution is 2.34. The van der Waals surface area contributed by atoms with Crippen LogP contribution in [0.2, 0.25) is 15.1 Å². The number of anilines is 1. The standard InChI is InChI=1S/C15H10Cl3N3OS/c1-2-21(15-20-9-5-3-4-6-10(9)23-15)14(22)13-12(18)11(17)8(16)7-19-13/h3-7H,2H2,1H3. The van der Waals surface area contributed by atoms with Crippen LogP contribution in [0.1, 0.15) is 17.4 Å². The molecule has 8 heteroatoms. The van der Waals surface area contributed by atoms with E-state index in [2.05, 4.69) is 9.97 Å². The smallest absolute Gasteiger partial charge is 0.280 e. The van der Waals surface area contributed by atoms with E-state index in [4.69, 9.17) is 34.8 Å². The Morgan fingerprint density at radius 1 is 1.22 bits per heavy atom. The monoisotopic (exact) mass is 385 g/mol. The molecule has 0 saturated carbocycles. The quantitative estimate of drug-likeness (QED) is 0.612. The van der Waals surface area contributed by atoms with E-state index in [1.54, 1.807) is 0 Å². The molecule has 3 aromatic rings. The van der Waals surface area contributed by atoms with Crippen molar-refractivity contribution < 1.29 is 4.79 Å². The molecule has 0 atom stereocenters. The molecule has 0 radical (unpaired) electrons. The van der Waals surface area contributed by atoms with E-state index in [0.717, 1.165) is 10.2 Å². The van der Waals surface area contributed by atoms with Gasteiger partial charge < -0.3 is 0 Å². The lowest BCUT2D eigenvalue weighted by molar-refractivity contribution is 0.0983. The molecular formula is C15H10Cl3N3OS. The summed E-state index contributed by atoms with van der Waals surface area (Å²) in [4.78, 5) is 22.8. The van der Waals surface area contributed by atoms with Crippen LogP contribution in [0.3, 0.4) is 0 Å². The number of benzene rings is 1. The maximum Gasteiger partial charge on any atom is 0.280 e. The van der Waals surface area contributed by atoms with Gasteiger partial charge in [-0.2, -0.15) is 0 Å². The van der Waals surface area contributed by atoms with Crippen LogP contribution < -0.4 is 4.90 Å². The highest BCUT2D eigenvalue weighted by molar-refractivity contribution is 7.22. The van der Waals surface area contributed by atoms with Gasteiger partial charge in [-0.1, -0.05) is 58.3 Å². The van der Waals surface area contributed by atoms with Crippen LogP contribution in [0.4, 0.5) is 5.13 Å². The van der Waals surface area contributed by atoms with Gasteiger partial charge in [-0.15, -0.1) is 0 Å². The van der Waals surface area contributed by atoms with Crippen molar-refractivity contribution in [3.63, 3.8) is 0 Å². The second-order valence-electron chi connectivity index (χ2n) is 4.60. The molecule has 0 aliphatic heterocycles. The zero-order valence-corrected chi connectivity index (χ0v) is 15.0. The van der Waals surface area contributed by atoms with Gasteiger partial charge in [0.1, 0.15) is 5.69 Å². The van der Waals surface area contributed by atoms with Crippen LogP contribution in [-0.4, -0.2) is 22.4 Å². The van der Waals surface area contributed by atoms with Crippen molar-refractivity contribution in [3.8, 4) is 0 Å². The summed E-state index contributed by atoms with van der Waals surface area (Å²) >= 11 is 19.4. The lowest BCUT2D eigenvalue weighted by atomic mass is 10.3. The Hall–Kier alpha value is -1.40. The van der Waals surface area contributed by atoms with Crippen molar-refractivity contribution in [3.05, 3.63) is 51.2 Å². The van der Waals surface area contributed by atoms with Gasteiger partial charge in [-0.05, 0) is 19.1 Å². The molecule has 0 spiro atoms. The fourth-order valence-corrected chi connectivity index (χ4v) is 3.65. The Kier molecular flexibility index (Phi) is 4.73. The first kappa shape index (κ1) is 16.5. The number of fused-ring (bicyclic) bond motifs is 1. The van der Waals surface area contributed by atoms with Gasteiger partial charge in [0, 0.05) is 12.7 Å². The van der Waals surface area contributed by atoms with Crippen molar-refractivity contribution in [1.82, 2.24) is 9.97 Å². The lowest BCUT2D eigenvalue weighted by Crippen LogP contribution is -2.31. The molecule has 3 rings (SSSR count). The molecule has 0 fully saturated rings. The predicted octanol–water partition coefficient (Wildman–Crippen LogP) is 5.32. The average molecular weight is 387 g/mol. The van der Waals surface area contributed by atoms with Crippen LogP contribution in [0.25, 0.3) is 10.2 Å². The molecule has 23 heavy (non-hydrogen) atoms. The summed E-state index contributed by atoms with van der Waals surface area (Å²) in [6.07, 6.45) is 1.31. The Labute approximate surface area is 151 Å². The normalized spacial score (nSPS) is 11.0. The van der Waals surface area contributed by atoms with Crippen molar-refractivity contribution in [2.24, 2.45) is 0 Å². The SMILES string of the molecule is CCN(C(=O)c1ncc(Cl)c(Cl)c1Cl)c1nc2ccccc2s1. The fraction of sp³-hybridized carbons (Fsp3) is 0.133. The molecule has 0 unspecified atom stereocenters. The van der Waals surface area contributed by atoms with Gasteiger partial charge in [0.25, 0.3) is 5.91 Å². The van der Waals surface area contributed by atoms with Crippen LogP contribution >= 0.6 is 46.1 Å². The van der Waals surface area contributed by atoms with E-state index in [0.29, 0.717) is 11.7 Å². The highest BCUT2D eigenvalue weighted by Gasteiger charge is 2.24. The Balaban J connectivity index is 2.03. The lowest BCUT2D eigenvalue weighted by Gasteiger charge is -2.18. The van der Waals surface area contributed by atoms with E-state index in [1.807, 2.05) is 31.2 Å². The van der Waals surface area contributed by atoms with Crippen molar-refractivity contribution in [2.75, 3.05) is 11.4 Å². The number of hydrogen-bond acceptors (Lipinski definition) is 4. The first-order valence-electron chi connectivity index (χ1n) is 6.69. The molecule has 2 aromatic heterocycles. The van der Waals surface area contributed by atoms with Crippen molar-refractivity contribution in [2.45, 2.75) is 6.92 Å². The first-order chi connectivity index (χ1) is 11.0. The van der Waals surface area contributed by atoms with Crippen LogP contribution in [0.15, 0.2) is 30.5 Å². The van der Waals surface area contributed by atoms with Crippen LogP contribution in [0.5, 0.6) is 0 Å². The number of pyridine rings is 1. The number of nitrogens with zero attached hydrogens (tertiary/aromatic N) is 3. The summed E-state index contributed by atoms with van der Waals surface area (Å²) in [5.41, 5.74) is 0.897. The van der Waals surface area contributed by atoms with E-state index < -0.39 is 0 Å². The number of amides is 1. The third-order valence-electron chi connectivity index (χ3n) is 3.19. The fourth-order valence-electron chi connectivity index (χ4n) is 2.06. The molecular weight excluding hydrogens is 377 g/mol. The molecule has 118 valence electrons. The van der Waals surface area contributed by atoms with Gasteiger partial charge in [-0.3, -0.25) is 9.69 Å². The summed E-state index contributed by atoms with van der Waals surface area (Å²) in [5, 5.41) is 0.953. The molecule has 0 bridgehead atoms. The third-order valence-corrected chi connectivity index (χ3v) is 5.49. The maximum atomic E-state index is 12.8. The topological polar surface area (TPSA) is 46.1 Å². The van der Waals surface area contributed by atoms with E-state index in [-0.39, 0.29) is 26.7 Å². The number of hydrogen-bond donors (Lipinski definition) is 0. The average Bonchev–Trinajstić information content (AvgIpc) is 2.97. The van der Waals surface area contributed by atoms with Crippen LogP contribution in [0, 0.1) is 0 Å². The molecule has 0 saturated heterocycles. The first-order valence-corrected chi connectivity index (χ1v) is 8.65. The number of rotatable bonds is 3. The van der Waals surface area contributed by atoms with Gasteiger partial charge in [0.2, 0.25) is 0 Å². The minimum atomic E-state index is -0.366. The van der Waals surface area contributed by atoms with Crippen molar-refractivity contribution >= 4 is 67.4 Å². The highest BCUT2D eigenvalue weighted by atomic mass is 35.5. The summed E-state index contributed by atoms with van der Waals surface area (Å²) in [6.45, 7) is 2.28. The zero-order chi connectivity index (χ0) is 16.6. The molecule has 0 aliphatic carbocycles. The Morgan fingerprint density at radius 2 is 1.96 bits per heavy atom. The van der Waals surface area contributed by atoms with E-state index in [9.17, 15) is 4.79 Å². The Morgan fingerprint density at radius 3 is 2.65 bits per heavy atom. The largest absolute Gasteiger partial charge is 0.283 e. The summed E-state index contributed by atoms with van der Waals surface area (Å²) < 4.78 is 1.00. The number of carbonyl (C=O) groups is 1. The summed E-state index contributed by atoms with van der Waals surface area (Å²) in [6, 6.07) is 7.69. The number of thiazole rings is 1. The molecule has 0 aliphatic rings. The zero-order valence-electron chi connectivity index (χ0n) is 11.9. The van der Waals surface area contributed by atoms with E-state index in [1.165, 1.54) is 22.4 Å². The molecule has 0 N–H and O–H groups in total. The number of carbonyl (C=O) groups excluding carboxylic acids is 1. The number of aromatic nitrogens is 2. The molecule has 4 nitrogen and oxygen atoms in total.